The number of aromatic nitrogens is 6. The highest BCUT2D eigenvalue weighted by Gasteiger charge is 2.20. The number of aryl methyl sites for hydroxylation is 1. The van der Waals surface area contributed by atoms with Gasteiger partial charge in [-0.2, -0.15) is 9.97 Å². The molecule has 1 fully saturated rings. The van der Waals surface area contributed by atoms with Gasteiger partial charge in [0.05, 0.1) is 11.0 Å². The molecule has 0 saturated carbocycles. The Morgan fingerprint density at radius 1 is 1.00 bits per heavy atom. The highest BCUT2D eigenvalue weighted by atomic mass is 16.2. The smallest absolute Gasteiger partial charge is 0.233 e. The van der Waals surface area contributed by atoms with Gasteiger partial charge in [-0.05, 0) is 37.1 Å². The SMILES string of the molecule is Cn1c(Nc2nc(NCCCN3CCCC3=O)c3ncn(-c4ccccc4)c3n2)nc2ccccc21. The summed E-state index contributed by atoms with van der Waals surface area (Å²) in [7, 11) is 1.96. The first-order valence-electron chi connectivity index (χ1n) is 12.2. The molecule has 0 unspecified atom stereocenters. The number of nitrogens with one attached hydrogen (secondary N) is 2. The predicted octanol–water partition coefficient (Wildman–Crippen LogP) is 3.87. The number of carbonyl (C=O) groups excluding carboxylic acids is 1. The predicted molar refractivity (Wildman–Crippen MR) is 140 cm³/mol. The van der Waals surface area contributed by atoms with Gasteiger partial charge in [0.25, 0.3) is 0 Å². The quantitative estimate of drug-likeness (QED) is 0.324. The van der Waals surface area contributed by atoms with Crippen LogP contribution in [0.1, 0.15) is 19.3 Å². The Morgan fingerprint density at radius 3 is 2.64 bits per heavy atom. The lowest BCUT2D eigenvalue weighted by Gasteiger charge is -2.15. The van der Waals surface area contributed by atoms with Gasteiger partial charge >= 0.3 is 0 Å². The number of benzene rings is 2. The molecule has 6 rings (SSSR count). The van der Waals surface area contributed by atoms with Crippen LogP contribution in [0.3, 0.4) is 0 Å². The van der Waals surface area contributed by atoms with E-state index in [1.54, 1.807) is 6.33 Å². The monoisotopic (exact) mass is 481 g/mol. The van der Waals surface area contributed by atoms with Crippen molar-refractivity contribution < 1.29 is 4.79 Å². The van der Waals surface area contributed by atoms with Crippen molar-refractivity contribution in [3.8, 4) is 5.69 Å². The number of anilines is 3. The Bertz CT molecular complexity index is 1540. The number of amides is 1. The number of likely N-dealkylation sites (tertiary alicyclic amines) is 1. The van der Waals surface area contributed by atoms with Crippen LogP contribution in [0.4, 0.5) is 17.7 Å². The number of fused-ring (bicyclic) bond motifs is 2. The van der Waals surface area contributed by atoms with E-state index in [0.29, 0.717) is 41.8 Å². The third kappa shape index (κ3) is 4.10. The van der Waals surface area contributed by atoms with Crippen molar-refractivity contribution in [2.45, 2.75) is 19.3 Å². The molecule has 10 nitrogen and oxygen atoms in total. The molecule has 10 heteroatoms. The number of carbonyl (C=O) groups is 1. The highest BCUT2D eigenvalue weighted by molar-refractivity contribution is 5.86. The van der Waals surface area contributed by atoms with Crippen molar-refractivity contribution in [3.63, 3.8) is 0 Å². The fourth-order valence-electron chi connectivity index (χ4n) is 4.63. The molecule has 2 N–H and O–H groups in total. The molecule has 0 bridgehead atoms. The highest BCUT2D eigenvalue weighted by Crippen LogP contribution is 2.26. The van der Waals surface area contributed by atoms with Crippen LogP contribution in [0.2, 0.25) is 0 Å². The van der Waals surface area contributed by atoms with Gasteiger partial charge in [0, 0.05) is 38.8 Å². The van der Waals surface area contributed by atoms with Crippen LogP contribution in [-0.4, -0.2) is 59.5 Å². The second kappa shape index (κ2) is 9.29. The fourth-order valence-corrected chi connectivity index (χ4v) is 4.63. The average Bonchev–Trinajstić information content (AvgIpc) is 3.60. The van der Waals surface area contributed by atoms with E-state index in [0.717, 1.165) is 42.7 Å². The molecule has 1 saturated heterocycles. The summed E-state index contributed by atoms with van der Waals surface area (Å²) >= 11 is 0. The van der Waals surface area contributed by atoms with Crippen LogP contribution in [0, 0.1) is 0 Å². The van der Waals surface area contributed by atoms with Gasteiger partial charge in [-0.1, -0.05) is 30.3 Å². The van der Waals surface area contributed by atoms with Crippen LogP contribution >= 0.6 is 0 Å². The Hall–Kier alpha value is -4.47. The Labute approximate surface area is 208 Å². The second-order valence-corrected chi connectivity index (χ2v) is 8.89. The van der Waals surface area contributed by atoms with Crippen molar-refractivity contribution in [2.75, 3.05) is 30.3 Å². The Morgan fingerprint density at radius 2 is 1.83 bits per heavy atom. The lowest BCUT2D eigenvalue weighted by molar-refractivity contribution is -0.127. The van der Waals surface area contributed by atoms with Crippen molar-refractivity contribution >= 4 is 45.8 Å². The maximum Gasteiger partial charge on any atom is 0.233 e. The van der Waals surface area contributed by atoms with Crippen LogP contribution < -0.4 is 10.6 Å². The van der Waals surface area contributed by atoms with E-state index in [1.807, 2.05) is 75.7 Å². The van der Waals surface area contributed by atoms with Crippen molar-refractivity contribution in [3.05, 3.63) is 60.9 Å². The van der Waals surface area contributed by atoms with Gasteiger partial charge in [0.15, 0.2) is 17.0 Å². The average molecular weight is 482 g/mol. The molecule has 1 aliphatic heterocycles. The second-order valence-electron chi connectivity index (χ2n) is 8.89. The van der Waals surface area contributed by atoms with Crippen molar-refractivity contribution in [1.29, 1.82) is 0 Å². The van der Waals surface area contributed by atoms with E-state index in [4.69, 9.17) is 15.0 Å². The standard InChI is InChI=1S/C26H27N9O/c1-33-20-12-6-5-11-19(20)29-26(33)32-25-30-23(27-14-8-16-34-15-7-13-21(34)36)22-24(31-25)35(17-28-22)18-9-3-2-4-10-18/h2-6,9-12,17H,7-8,13-16H2,1H3,(H2,27,29,30,31,32). The lowest BCUT2D eigenvalue weighted by atomic mass is 10.3. The lowest BCUT2D eigenvalue weighted by Crippen LogP contribution is -2.27. The summed E-state index contributed by atoms with van der Waals surface area (Å²) in [4.78, 5) is 32.7. The fraction of sp³-hybridized carbons (Fsp3) is 0.269. The maximum absolute atomic E-state index is 11.9. The molecule has 182 valence electrons. The van der Waals surface area contributed by atoms with Gasteiger partial charge in [0.2, 0.25) is 17.8 Å². The van der Waals surface area contributed by atoms with Crippen molar-refractivity contribution in [1.82, 2.24) is 34.0 Å². The topological polar surface area (TPSA) is 106 Å². The number of imidazole rings is 2. The van der Waals surface area contributed by atoms with Gasteiger partial charge in [-0.25, -0.2) is 9.97 Å². The molecule has 3 aromatic heterocycles. The molecule has 1 aliphatic rings. The first kappa shape index (κ1) is 22.0. The summed E-state index contributed by atoms with van der Waals surface area (Å²) < 4.78 is 3.93. The summed E-state index contributed by atoms with van der Waals surface area (Å²) in [6.45, 7) is 2.26. The minimum atomic E-state index is 0.245. The molecule has 2 aromatic carbocycles. The first-order valence-corrected chi connectivity index (χ1v) is 12.2. The minimum Gasteiger partial charge on any atom is -0.368 e. The summed E-state index contributed by atoms with van der Waals surface area (Å²) in [6.07, 6.45) is 4.20. The first-order chi connectivity index (χ1) is 17.7. The van der Waals surface area contributed by atoms with Gasteiger partial charge in [-0.15, -0.1) is 0 Å². The third-order valence-corrected chi connectivity index (χ3v) is 6.51. The van der Waals surface area contributed by atoms with Crippen LogP contribution in [-0.2, 0) is 11.8 Å². The summed E-state index contributed by atoms with van der Waals surface area (Å²) in [6, 6.07) is 18.0. The van der Waals surface area contributed by atoms with Gasteiger partial charge in [-0.3, -0.25) is 14.7 Å². The molecule has 0 atom stereocenters. The summed E-state index contributed by atoms with van der Waals surface area (Å²) in [5, 5.41) is 6.73. The third-order valence-electron chi connectivity index (χ3n) is 6.51. The zero-order chi connectivity index (χ0) is 24.5. The number of rotatable bonds is 8. The van der Waals surface area contributed by atoms with Crippen molar-refractivity contribution in [2.24, 2.45) is 7.05 Å². The van der Waals surface area contributed by atoms with E-state index in [1.165, 1.54) is 0 Å². The van der Waals surface area contributed by atoms with E-state index in [9.17, 15) is 4.79 Å². The molecule has 36 heavy (non-hydrogen) atoms. The van der Waals surface area contributed by atoms with Crippen LogP contribution in [0.15, 0.2) is 60.9 Å². The zero-order valence-electron chi connectivity index (χ0n) is 20.1. The zero-order valence-corrected chi connectivity index (χ0v) is 20.1. The Kier molecular flexibility index (Phi) is 5.68. The molecule has 1 amide bonds. The Balaban J connectivity index is 1.32. The maximum atomic E-state index is 11.9. The molecule has 5 aromatic rings. The molecular weight excluding hydrogens is 454 g/mol. The summed E-state index contributed by atoms with van der Waals surface area (Å²) in [5.74, 6) is 1.97. The van der Waals surface area contributed by atoms with Gasteiger partial charge in [0.1, 0.15) is 6.33 Å². The molecule has 0 spiro atoms. The number of para-hydroxylation sites is 3. The minimum absolute atomic E-state index is 0.245. The molecule has 4 heterocycles. The summed E-state index contributed by atoms with van der Waals surface area (Å²) in [5.41, 5.74) is 4.25. The molecule has 0 radical (unpaired) electrons. The van der Waals surface area contributed by atoms with E-state index in [2.05, 4.69) is 15.6 Å². The molecule has 0 aliphatic carbocycles. The largest absolute Gasteiger partial charge is 0.368 e. The number of hydrogen-bond acceptors (Lipinski definition) is 7. The number of hydrogen-bond donors (Lipinski definition) is 2. The van der Waals surface area contributed by atoms with Gasteiger partial charge < -0.3 is 14.8 Å². The van der Waals surface area contributed by atoms with Crippen LogP contribution in [0.5, 0.6) is 0 Å². The molecular formula is C26H27N9O. The number of nitrogens with zero attached hydrogens (tertiary/aromatic N) is 7. The van der Waals surface area contributed by atoms with E-state index in [-0.39, 0.29) is 5.91 Å². The normalized spacial score (nSPS) is 13.7. The van der Waals surface area contributed by atoms with E-state index >= 15 is 0 Å². The van der Waals surface area contributed by atoms with Crippen LogP contribution in [0.25, 0.3) is 27.9 Å². The van der Waals surface area contributed by atoms with E-state index < -0.39 is 0 Å².